The van der Waals surface area contributed by atoms with Crippen LogP contribution in [0.4, 0.5) is 0 Å². The Bertz CT molecular complexity index is 228. The molecule has 0 aromatic rings. The molecule has 0 aromatic heterocycles. The van der Waals surface area contributed by atoms with E-state index in [2.05, 4.69) is 34.6 Å². The van der Waals surface area contributed by atoms with Crippen molar-refractivity contribution in [3.63, 3.8) is 0 Å². The normalized spacial score (nSPS) is 44.1. The van der Waals surface area contributed by atoms with Crippen molar-refractivity contribution in [3.8, 4) is 0 Å². The first-order chi connectivity index (χ1) is 7.49. The Balaban J connectivity index is 2.11. The van der Waals surface area contributed by atoms with Crippen molar-refractivity contribution in [1.29, 1.82) is 0 Å². The Morgan fingerprint density at radius 3 is 2.06 bits per heavy atom. The van der Waals surface area contributed by atoms with E-state index in [1.807, 2.05) is 0 Å². The van der Waals surface area contributed by atoms with Crippen LogP contribution in [-0.2, 0) is 0 Å². The molecule has 94 valence electrons. The highest BCUT2D eigenvalue weighted by Crippen LogP contribution is 2.52. The molecular weight excluding hydrogens is 192 g/mol. The standard InChI is InChI=1S/C16H30/c1-10(2)13-8-14-6-12(5)7-16(14)15(9-13)11(3)4/h10-16H,6-9H2,1-5H3. The molecule has 0 heteroatoms. The maximum absolute atomic E-state index is 2.47. The van der Waals surface area contributed by atoms with Crippen LogP contribution in [0.5, 0.6) is 0 Å². The smallest absolute Gasteiger partial charge is 0.0352 e. The van der Waals surface area contributed by atoms with E-state index < -0.39 is 0 Å². The fraction of sp³-hybridized carbons (Fsp3) is 1.00. The van der Waals surface area contributed by atoms with Crippen LogP contribution < -0.4 is 0 Å². The lowest BCUT2D eigenvalue weighted by Crippen LogP contribution is -2.34. The van der Waals surface area contributed by atoms with Crippen LogP contribution in [0.25, 0.3) is 0 Å². The van der Waals surface area contributed by atoms with Crippen molar-refractivity contribution >= 4 is 0 Å². The molecule has 0 aliphatic heterocycles. The van der Waals surface area contributed by atoms with Crippen LogP contribution in [0.3, 0.4) is 0 Å². The van der Waals surface area contributed by atoms with Crippen molar-refractivity contribution in [3.05, 3.63) is 0 Å². The summed E-state index contributed by atoms with van der Waals surface area (Å²) >= 11 is 0. The minimum atomic E-state index is 0.901. The Labute approximate surface area is 102 Å². The lowest BCUT2D eigenvalue weighted by molar-refractivity contribution is 0.0737. The van der Waals surface area contributed by atoms with Crippen molar-refractivity contribution in [2.45, 2.75) is 60.3 Å². The van der Waals surface area contributed by atoms with Crippen molar-refractivity contribution in [2.75, 3.05) is 0 Å². The third-order valence-electron chi connectivity index (χ3n) is 5.51. The minimum Gasteiger partial charge on any atom is -0.0625 e. The molecule has 0 N–H and O–H groups in total. The zero-order valence-electron chi connectivity index (χ0n) is 11.9. The molecule has 2 rings (SSSR count). The molecule has 0 amide bonds. The van der Waals surface area contributed by atoms with Crippen LogP contribution in [-0.4, -0.2) is 0 Å². The highest BCUT2D eigenvalue weighted by Gasteiger charge is 2.43. The summed E-state index contributed by atoms with van der Waals surface area (Å²) in [5.74, 6) is 6.99. The van der Waals surface area contributed by atoms with E-state index in [0.717, 1.165) is 41.4 Å². The molecule has 0 nitrogen and oxygen atoms in total. The third-order valence-corrected chi connectivity index (χ3v) is 5.51. The molecule has 0 bridgehead atoms. The molecule has 2 fully saturated rings. The minimum absolute atomic E-state index is 0.901. The Kier molecular flexibility index (Phi) is 3.66. The van der Waals surface area contributed by atoms with E-state index in [0.29, 0.717) is 0 Å². The maximum Gasteiger partial charge on any atom is -0.0352 e. The number of rotatable bonds is 2. The second-order valence-electron chi connectivity index (χ2n) is 7.38. The quantitative estimate of drug-likeness (QED) is 0.617. The fourth-order valence-corrected chi connectivity index (χ4v) is 4.56. The molecule has 2 aliphatic rings. The second-order valence-corrected chi connectivity index (χ2v) is 7.38. The summed E-state index contributed by atoms with van der Waals surface area (Å²) in [5.41, 5.74) is 0. The predicted octanol–water partition coefficient (Wildman–Crippen LogP) is 4.99. The molecule has 0 spiro atoms. The van der Waals surface area contributed by atoms with Gasteiger partial charge in [-0.05, 0) is 67.1 Å². The Morgan fingerprint density at radius 1 is 0.812 bits per heavy atom. The van der Waals surface area contributed by atoms with Crippen molar-refractivity contribution in [1.82, 2.24) is 0 Å². The first kappa shape index (κ1) is 12.5. The monoisotopic (exact) mass is 222 g/mol. The summed E-state index contributed by atoms with van der Waals surface area (Å²) in [6.07, 6.45) is 6.11. The Morgan fingerprint density at radius 2 is 1.50 bits per heavy atom. The highest BCUT2D eigenvalue weighted by atomic mass is 14.5. The van der Waals surface area contributed by atoms with E-state index in [-0.39, 0.29) is 0 Å². The molecule has 16 heavy (non-hydrogen) atoms. The molecule has 5 atom stereocenters. The van der Waals surface area contributed by atoms with Crippen LogP contribution in [0.1, 0.15) is 60.3 Å². The molecule has 0 heterocycles. The van der Waals surface area contributed by atoms with Gasteiger partial charge in [-0.25, -0.2) is 0 Å². The van der Waals surface area contributed by atoms with Gasteiger partial charge >= 0.3 is 0 Å². The van der Waals surface area contributed by atoms with Gasteiger partial charge in [-0.1, -0.05) is 34.6 Å². The van der Waals surface area contributed by atoms with E-state index >= 15 is 0 Å². The molecule has 0 aromatic carbocycles. The predicted molar refractivity (Wildman–Crippen MR) is 71.3 cm³/mol. The van der Waals surface area contributed by atoms with Gasteiger partial charge in [0, 0.05) is 0 Å². The van der Waals surface area contributed by atoms with Gasteiger partial charge in [-0.3, -0.25) is 0 Å². The van der Waals surface area contributed by atoms with E-state index in [4.69, 9.17) is 0 Å². The molecule has 2 saturated carbocycles. The van der Waals surface area contributed by atoms with Crippen LogP contribution >= 0.6 is 0 Å². The second kappa shape index (κ2) is 4.70. The Hall–Kier alpha value is 0. The summed E-state index contributed by atoms with van der Waals surface area (Å²) in [6.45, 7) is 12.2. The van der Waals surface area contributed by atoms with E-state index in [9.17, 15) is 0 Å². The first-order valence-corrected chi connectivity index (χ1v) is 7.49. The molecular formula is C16H30. The van der Waals surface area contributed by atoms with E-state index in [1.165, 1.54) is 25.7 Å². The summed E-state index contributed by atoms with van der Waals surface area (Å²) in [5, 5.41) is 0. The third kappa shape index (κ3) is 2.31. The summed E-state index contributed by atoms with van der Waals surface area (Å²) in [6, 6.07) is 0. The molecule has 0 radical (unpaired) electrons. The van der Waals surface area contributed by atoms with Crippen LogP contribution in [0, 0.1) is 41.4 Å². The summed E-state index contributed by atoms with van der Waals surface area (Å²) < 4.78 is 0. The SMILES string of the molecule is CC1CC2CC(C(C)C)CC(C(C)C)C2C1. The lowest BCUT2D eigenvalue weighted by Gasteiger charge is -2.42. The zero-order chi connectivity index (χ0) is 11.9. The fourth-order valence-electron chi connectivity index (χ4n) is 4.56. The highest BCUT2D eigenvalue weighted by molar-refractivity contribution is 4.93. The van der Waals surface area contributed by atoms with Gasteiger partial charge in [0.15, 0.2) is 0 Å². The van der Waals surface area contributed by atoms with Crippen molar-refractivity contribution < 1.29 is 0 Å². The van der Waals surface area contributed by atoms with Crippen LogP contribution in [0.2, 0.25) is 0 Å². The average molecular weight is 222 g/mol. The molecule has 5 unspecified atom stereocenters. The number of fused-ring (bicyclic) bond motifs is 1. The van der Waals surface area contributed by atoms with Gasteiger partial charge in [-0.15, -0.1) is 0 Å². The largest absolute Gasteiger partial charge is 0.0625 e. The van der Waals surface area contributed by atoms with Gasteiger partial charge in [0.25, 0.3) is 0 Å². The van der Waals surface area contributed by atoms with E-state index in [1.54, 1.807) is 0 Å². The first-order valence-electron chi connectivity index (χ1n) is 7.49. The van der Waals surface area contributed by atoms with Crippen LogP contribution in [0.15, 0.2) is 0 Å². The maximum atomic E-state index is 2.47. The molecule has 2 aliphatic carbocycles. The number of hydrogen-bond acceptors (Lipinski definition) is 0. The van der Waals surface area contributed by atoms with Gasteiger partial charge in [0.05, 0.1) is 0 Å². The average Bonchev–Trinajstić information content (AvgIpc) is 2.55. The molecule has 0 saturated heterocycles. The summed E-state index contributed by atoms with van der Waals surface area (Å²) in [4.78, 5) is 0. The van der Waals surface area contributed by atoms with Gasteiger partial charge in [0.1, 0.15) is 0 Å². The summed E-state index contributed by atoms with van der Waals surface area (Å²) in [7, 11) is 0. The van der Waals surface area contributed by atoms with Gasteiger partial charge in [0.2, 0.25) is 0 Å². The van der Waals surface area contributed by atoms with Crippen molar-refractivity contribution in [2.24, 2.45) is 41.4 Å². The van der Waals surface area contributed by atoms with Gasteiger partial charge < -0.3 is 0 Å². The lowest BCUT2D eigenvalue weighted by atomic mass is 9.63. The number of hydrogen-bond donors (Lipinski definition) is 0. The zero-order valence-corrected chi connectivity index (χ0v) is 11.9. The van der Waals surface area contributed by atoms with Gasteiger partial charge in [-0.2, -0.15) is 0 Å². The topological polar surface area (TPSA) is 0 Å².